The minimum Gasteiger partial charge on any atom is -0.478 e. The van der Waals surface area contributed by atoms with Gasteiger partial charge >= 0.3 is 12.0 Å². The predicted octanol–water partition coefficient (Wildman–Crippen LogP) is 2.50. The number of aromatic carboxylic acids is 1. The van der Waals surface area contributed by atoms with E-state index in [1.807, 2.05) is 0 Å². The number of hydrogen-bond acceptors (Lipinski definition) is 2. The summed E-state index contributed by atoms with van der Waals surface area (Å²) in [5.74, 6) is 0.294. The number of nitrogens with zero attached hydrogens (tertiary/aromatic N) is 1. The van der Waals surface area contributed by atoms with E-state index in [4.69, 9.17) is 5.11 Å². The van der Waals surface area contributed by atoms with Gasteiger partial charge in [0.2, 0.25) is 0 Å². The monoisotopic (exact) mass is 262 g/mol. The Labute approximate surface area is 112 Å². The van der Waals surface area contributed by atoms with Crippen molar-refractivity contribution in [1.29, 1.82) is 0 Å². The van der Waals surface area contributed by atoms with Gasteiger partial charge in [-0.25, -0.2) is 9.59 Å². The van der Waals surface area contributed by atoms with Gasteiger partial charge < -0.3 is 15.3 Å². The molecule has 0 saturated heterocycles. The minimum absolute atomic E-state index is 0.163. The molecule has 0 aliphatic heterocycles. The van der Waals surface area contributed by atoms with Gasteiger partial charge in [-0.05, 0) is 36.5 Å². The largest absolute Gasteiger partial charge is 0.478 e. The van der Waals surface area contributed by atoms with Crippen molar-refractivity contribution in [1.82, 2.24) is 4.90 Å². The van der Waals surface area contributed by atoms with Crippen molar-refractivity contribution in [2.45, 2.75) is 13.3 Å². The lowest BCUT2D eigenvalue weighted by atomic mass is 10.2. The van der Waals surface area contributed by atoms with E-state index in [1.54, 1.807) is 24.1 Å². The van der Waals surface area contributed by atoms with Crippen LogP contribution in [0, 0.1) is 11.8 Å². The molecule has 1 fully saturated rings. The third-order valence-electron chi connectivity index (χ3n) is 3.49. The molecule has 0 spiro atoms. The van der Waals surface area contributed by atoms with Crippen LogP contribution in [0.25, 0.3) is 0 Å². The molecule has 2 unspecified atom stereocenters. The lowest BCUT2D eigenvalue weighted by molar-refractivity contribution is 0.0697. The lowest BCUT2D eigenvalue weighted by Gasteiger charge is -2.18. The summed E-state index contributed by atoms with van der Waals surface area (Å²) in [5, 5.41) is 11.6. The first-order valence-corrected chi connectivity index (χ1v) is 6.33. The van der Waals surface area contributed by atoms with E-state index >= 15 is 0 Å². The highest BCUT2D eigenvalue weighted by Crippen LogP contribution is 2.37. The van der Waals surface area contributed by atoms with Crippen molar-refractivity contribution < 1.29 is 14.7 Å². The van der Waals surface area contributed by atoms with E-state index in [2.05, 4.69) is 12.2 Å². The van der Waals surface area contributed by atoms with E-state index < -0.39 is 5.97 Å². The summed E-state index contributed by atoms with van der Waals surface area (Å²) in [4.78, 5) is 24.4. The van der Waals surface area contributed by atoms with Crippen LogP contribution in [-0.4, -0.2) is 35.6 Å². The molecule has 1 aliphatic rings. The standard InChI is InChI=1S/C14H18N2O3/c1-9-6-11(9)8-16(2)14(19)15-12-5-3-4-10(7-12)13(17)18/h3-5,7,9,11H,6,8H2,1-2H3,(H,15,19)(H,17,18). The van der Waals surface area contributed by atoms with Gasteiger partial charge in [0.05, 0.1) is 5.56 Å². The highest BCUT2D eigenvalue weighted by atomic mass is 16.4. The van der Waals surface area contributed by atoms with Crippen molar-refractivity contribution in [2.75, 3.05) is 18.9 Å². The van der Waals surface area contributed by atoms with Gasteiger partial charge in [0, 0.05) is 19.3 Å². The summed E-state index contributed by atoms with van der Waals surface area (Å²) in [6, 6.07) is 6.03. The average molecular weight is 262 g/mol. The molecule has 102 valence electrons. The summed E-state index contributed by atoms with van der Waals surface area (Å²) in [5.41, 5.74) is 0.664. The maximum Gasteiger partial charge on any atom is 0.335 e. The van der Waals surface area contributed by atoms with Gasteiger partial charge in [0.1, 0.15) is 0 Å². The number of nitrogens with one attached hydrogen (secondary N) is 1. The maximum atomic E-state index is 11.9. The normalized spacial score (nSPS) is 20.7. The number of anilines is 1. The number of urea groups is 1. The second-order valence-electron chi connectivity index (χ2n) is 5.17. The van der Waals surface area contributed by atoms with Crippen molar-refractivity contribution in [2.24, 2.45) is 11.8 Å². The minimum atomic E-state index is -1.00. The fraction of sp³-hybridized carbons (Fsp3) is 0.429. The van der Waals surface area contributed by atoms with Crippen molar-refractivity contribution in [3.05, 3.63) is 29.8 Å². The number of carbonyl (C=O) groups excluding carboxylic acids is 1. The van der Waals surface area contributed by atoms with Crippen molar-refractivity contribution in [3.63, 3.8) is 0 Å². The van der Waals surface area contributed by atoms with Gasteiger partial charge in [-0.3, -0.25) is 0 Å². The molecule has 1 aliphatic carbocycles. The van der Waals surface area contributed by atoms with Crippen LogP contribution in [0.2, 0.25) is 0 Å². The molecule has 1 aromatic carbocycles. The summed E-state index contributed by atoms with van der Waals surface area (Å²) < 4.78 is 0. The highest BCUT2D eigenvalue weighted by Gasteiger charge is 2.34. The van der Waals surface area contributed by atoms with Crippen LogP contribution in [0.4, 0.5) is 10.5 Å². The Kier molecular flexibility index (Phi) is 3.74. The first kappa shape index (κ1) is 13.4. The number of carboxylic acid groups (broad SMARTS) is 1. The highest BCUT2D eigenvalue weighted by molar-refractivity contribution is 5.93. The second kappa shape index (κ2) is 5.30. The smallest absolute Gasteiger partial charge is 0.335 e. The number of amides is 2. The maximum absolute atomic E-state index is 11.9. The van der Waals surface area contributed by atoms with E-state index in [0.29, 0.717) is 17.5 Å². The first-order chi connectivity index (χ1) is 8.97. The molecule has 2 N–H and O–H groups in total. The van der Waals surface area contributed by atoms with Gasteiger partial charge in [-0.2, -0.15) is 0 Å². The molecule has 5 heteroatoms. The van der Waals surface area contributed by atoms with E-state index in [-0.39, 0.29) is 11.6 Å². The Bertz CT molecular complexity index is 501. The molecular formula is C14H18N2O3. The number of rotatable bonds is 4. The molecule has 1 aromatic rings. The fourth-order valence-corrected chi connectivity index (χ4v) is 2.04. The molecule has 0 radical (unpaired) electrons. The molecule has 1 saturated carbocycles. The van der Waals surface area contributed by atoms with E-state index in [0.717, 1.165) is 6.54 Å². The van der Waals surface area contributed by atoms with E-state index in [1.165, 1.54) is 18.6 Å². The van der Waals surface area contributed by atoms with Gasteiger partial charge in [-0.1, -0.05) is 13.0 Å². The Balaban J connectivity index is 1.94. The Morgan fingerprint density at radius 2 is 2.16 bits per heavy atom. The number of hydrogen-bond donors (Lipinski definition) is 2. The quantitative estimate of drug-likeness (QED) is 0.875. The van der Waals surface area contributed by atoms with Crippen molar-refractivity contribution >= 4 is 17.7 Å². The van der Waals surface area contributed by atoms with Crippen LogP contribution < -0.4 is 5.32 Å². The van der Waals surface area contributed by atoms with Crippen LogP contribution in [-0.2, 0) is 0 Å². The Morgan fingerprint density at radius 1 is 1.47 bits per heavy atom. The summed E-state index contributed by atoms with van der Waals surface area (Å²) in [6.07, 6.45) is 1.17. The van der Waals surface area contributed by atoms with Gasteiger partial charge in [-0.15, -0.1) is 0 Å². The van der Waals surface area contributed by atoms with Crippen LogP contribution >= 0.6 is 0 Å². The molecule has 2 amide bonds. The summed E-state index contributed by atoms with van der Waals surface area (Å²) in [7, 11) is 1.75. The van der Waals surface area contributed by atoms with Crippen LogP contribution in [0.5, 0.6) is 0 Å². The molecule has 2 rings (SSSR count). The van der Waals surface area contributed by atoms with Gasteiger partial charge in [0.15, 0.2) is 0 Å². The SMILES string of the molecule is CC1CC1CN(C)C(=O)Nc1cccc(C(=O)O)c1. The van der Waals surface area contributed by atoms with Gasteiger partial charge in [0.25, 0.3) is 0 Å². The third-order valence-corrected chi connectivity index (χ3v) is 3.49. The Morgan fingerprint density at radius 3 is 2.74 bits per heavy atom. The molecular weight excluding hydrogens is 244 g/mol. The van der Waals surface area contributed by atoms with Crippen LogP contribution in [0.3, 0.4) is 0 Å². The van der Waals surface area contributed by atoms with Crippen LogP contribution in [0.1, 0.15) is 23.7 Å². The number of carboxylic acids is 1. The molecule has 19 heavy (non-hydrogen) atoms. The molecule has 2 atom stereocenters. The zero-order valence-corrected chi connectivity index (χ0v) is 11.1. The average Bonchev–Trinajstić information content (AvgIpc) is 3.05. The molecule has 0 aromatic heterocycles. The molecule has 0 bridgehead atoms. The topological polar surface area (TPSA) is 69.6 Å². The predicted molar refractivity (Wildman–Crippen MR) is 72.3 cm³/mol. The first-order valence-electron chi connectivity index (χ1n) is 6.33. The lowest BCUT2D eigenvalue weighted by Crippen LogP contribution is -2.33. The summed E-state index contributed by atoms with van der Waals surface area (Å²) >= 11 is 0. The zero-order valence-electron chi connectivity index (χ0n) is 11.1. The molecule has 0 heterocycles. The second-order valence-corrected chi connectivity index (χ2v) is 5.17. The van der Waals surface area contributed by atoms with Crippen LogP contribution in [0.15, 0.2) is 24.3 Å². The number of carbonyl (C=O) groups is 2. The zero-order chi connectivity index (χ0) is 14.0. The molecule has 5 nitrogen and oxygen atoms in total. The summed E-state index contributed by atoms with van der Waals surface area (Å²) in [6.45, 7) is 2.92. The van der Waals surface area contributed by atoms with Crippen molar-refractivity contribution in [3.8, 4) is 0 Å². The van der Waals surface area contributed by atoms with E-state index in [9.17, 15) is 9.59 Å². The number of benzene rings is 1. The fourth-order valence-electron chi connectivity index (χ4n) is 2.04. The Hall–Kier alpha value is -2.04. The third kappa shape index (κ3) is 3.47.